The highest BCUT2D eigenvalue weighted by Crippen LogP contribution is 2.24. The van der Waals surface area contributed by atoms with Crippen LogP contribution in [0.3, 0.4) is 0 Å². The average molecular weight is 337 g/mol. The van der Waals surface area contributed by atoms with Crippen LogP contribution < -0.4 is 0 Å². The summed E-state index contributed by atoms with van der Waals surface area (Å²) < 4.78 is 47.5. The lowest BCUT2D eigenvalue weighted by Crippen LogP contribution is -2.49. The maximum absolute atomic E-state index is 12.2. The minimum absolute atomic E-state index is 0.0493. The first-order valence-electron chi connectivity index (χ1n) is 6.01. The summed E-state index contributed by atoms with van der Waals surface area (Å²) >= 11 is 0. The number of carboxylic acids is 1. The van der Waals surface area contributed by atoms with Crippen LogP contribution in [0.25, 0.3) is 0 Å². The van der Waals surface area contributed by atoms with Crippen molar-refractivity contribution in [2.45, 2.75) is 19.0 Å². The summed E-state index contributed by atoms with van der Waals surface area (Å²) in [5.41, 5.74) is 1.03. The van der Waals surface area contributed by atoms with Crippen molar-refractivity contribution < 1.29 is 26.7 Å². The summed E-state index contributed by atoms with van der Waals surface area (Å²) in [5.74, 6) is -2.47. The molecule has 0 saturated heterocycles. The van der Waals surface area contributed by atoms with Crippen molar-refractivity contribution in [1.82, 2.24) is 14.3 Å². The minimum atomic E-state index is -4.01. The van der Waals surface area contributed by atoms with Gasteiger partial charge in [-0.3, -0.25) is 4.79 Å². The zero-order valence-corrected chi connectivity index (χ0v) is 12.8. The Morgan fingerprint density at radius 3 is 2.67 bits per heavy atom. The van der Waals surface area contributed by atoms with Crippen LogP contribution in [0.1, 0.15) is 11.4 Å². The van der Waals surface area contributed by atoms with Gasteiger partial charge in [0.05, 0.1) is 35.8 Å². The monoisotopic (exact) mass is 337 g/mol. The van der Waals surface area contributed by atoms with Crippen LogP contribution in [0, 0.1) is 0 Å². The Balaban J connectivity index is 2.29. The molecule has 11 heteroatoms. The quantitative estimate of drug-likeness (QED) is 0.673. The number of aromatic nitrogens is 2. The average Bonchev–Trinajstić information content (AvgIpc) is 2.81. The number of imidazole rings is 1. The molecule has 0 radical (unpaired) electrons. The molecule has 1 aliphatic heterocycles. The molecule has 0 aromatic carbocycles. The van der Waals surface area contributed by atoms with Crippen LogP contribution in [-0.2, 0) is 37.6 Å². The van der Waals surface area contributed by atoms with Crippen LogP contribution in [-0.4, -0.2) is 66.0 Å². The summed E-state index contributed by atoms with van der Waals surface area (Å²) in [7, 11) is -7.46. The van der Waals surface area contributed by atoms with Crippen molar-refractivity contribution in [2.75, 3.05) is 17.8 Å². The number of nitrogens with one attached hydrogen (secondary N) is 1. The van der Waals surface area contributed by atoms with E-state index < -0.39 is 43.4 Å². The highest BCUT2D eigenvalue weighted by Gasteiger charge is 2.40. The maximum Gasteiger partial charge on any atom is 0.322 e. The number of sulfonamides is 1. The fourth-order valence-electron chi connectivity index (χ4n) is 2.09. The molecule has 1 atom stereocenters. The van der Waals surface area contributed by atoms with E-state index in [-0.39, 0.29) is 13.0 Å². The largest absolute Gasteiger partial charge is 0.480 e. The number of carbonyl (C=O) groups is 1. The van der Waals surface area contributed by atoms with Gasteiger partial charge in [-0.05, 0) is 0 Å². The molecule has 0 fully saturated rings. The number of H-pyrrole nitrogens is 1. The van der Waals surface area contributed by atoms with Gasteiger partial charge in [0.15, 0.2) is 0 Å². The van der Waals surface area contributed by atoms with Crippen LogP contribution in [0.2, 0.25) is 0 Å². The van der Waals surface area contributed by atoms with Gasteiger partial charge in [-0.2, -0.15) is 4.31 Å². The Bertz CT molecular complexity index is 752. The van der Waals surface area contributed by atoms with E-state index in [9.17, 15) is 26.7 Å². The molecule has 1 unspecified atom stereocenters. The number of fused-ring (bicyclic) bond motifs is 1. The standard InChI is InChI=1S/C10H15N3O6S2/c1-20(16,17)2-3-21(18,19)13-5-8-7(11-6-12-8)4-9(13)10(14)15/h6,9H,2-5H2,1H3,(H,11,12)(H,14,15). The number of hydrogen-bond donors (Lipinski definition) is 2. The number of carboxylic acid groups (broad SMARTS) is 1. The third kappa shape index (κ3) is 3.60. The smallest absolute Gasteiger partial charge is 0.322 e. The number of hydrogen-bond acceptors (Lipinski definition) is 6. The fraction of sp³-hybridized carbons (Fsp3) is 0.600. The Hall–Kier alpha value is -1.46. The third-order valence-corrected chi connectivity index (χ3v) is 6.23. The summed E-state index contributed by atoms with van der Waals surface area (Å²) in [6.45, 7) is -0.154. The summed E-state index contributed by atoms with van der Waals surface area (Å²) in [4.78, 5) is 18.0. The molecule has 2 N–H and O–H groups in total. The molecular weight excluding hydrogens is 322 g/mol. The van der Waals surface area contributed by atoms with Gasteiger partial charge in [0.1, 0.15) is 15.9 Å². The zero-order chi connectivity index (χ0) is 15.8. The van der Waals surface area contributed by atoms with Crippen LogP contribution >= 0.6 is 0 Å². The molecule has 0 amide bonds. The summed E-state index contributed by atoms with van der Waals surface area (Å²) in [6, 6.07) is -1.27. The second-order valence-electron chi connectivity index (χ2n) is 4.88. The molecule has 1 aromatic heterocycles. The van der Waals surface area contributed by atoms with E-state index in [0.29, 0.717) is 11.4 Å². The van der Waals surface area contributed by atoms with Gasteiger partial charge in [-0.25, -0.2) is 21.8 Å². The Labute approximate surface area is 122 Å². The first-order valence-corrected chi connectivity index (χ1v) is 9.68. The molecule has 0 aliphatic carbocycles. The van der Waals surface area contributed by atoms with Crippen LogP contribution in [0.4, 0.5) is 0 Å². The van der Waals surface area contributed by atoms with Crippen LogP contribution in [0.5, 0.6) is 0 Å². The van der Waals surface area contributed by atoms with Crippen molar-refractivity contribution in [3.05, 3.63) is 17.7 Å². The predicted molar refractivity (Wildman–Crippen MR) is 72.8 cm³/mol. The highest BCUT2D eigenvalue weighted by atomic mass is 32.2. The third-order valence-electron chi connectivity index (χ3n) is 3.21. The lowest BCUT2D eigenvalue weighted by molar-refractivity contribution is -0.141. The summed E-state index contributed by atoms with van der Waals surface area (Å²) in [6.07, 6.45) is 2.25. The lowest BCUT2D eigenvalue weighted by Gasteiger charge is -2.31. The van der Waals surface area contributed by atoms with Gasteiger partial charge in [0.25, 0.3) is 0 Å². The first kappa shape index (κ1) is 15.9. The first-order chi connectivity index (χ1) is 9.60. The molecule has 0 bridgehead atoms. The number of sulfone groups is 1. The Kier molecular flexibility index (Phi) is 4.08. The van der Waals surface area contributed by atoms with E-state index in [0.717, 1.165) is 10.6 Å². The number of nitrogens with zero attached hydrogens (tertiary/aromatic N) is 2. The van der Waals surface area contributed by atoms with Gasteiger partial charge in [0, 0.05) is 12.7 Å². The van der Waals surface area contributed by atoms with Crippen molar-refractivity contribution in [1.29, 1.82) is 0 Å². The van der Waals surface area contributed by atoms with E-state index >= 15 is 0 Å². The van der Waals surface area contributed by atoms with Crippen molar-refractivity contribution in [3.63, 3.8) is 0 Å². The molecule has 1 aliphatic rings. The van der Waals surface area contributed by atoms with E-state index in [1.54, 1.807) is 0 Å². The predicted octanol–water partition coefficient (Wildman–Crippen LogP) is -1.40. The van der Waals surface area contributed by atoms with Crippen molar-refractivity contribution in [3.8, 4) is 0 Å². The second-order valence-corrected chi connectivity index (χ2v) is 9.18. The van der Waals surface area contributed by atoms with Crippen molar-refractivity contribution in [2.24, 2.45) is 0 Å². The Morgan fingerprint density at radius 2 is 2.10 bits per heavy atom. The van der Waals surface area contributed by atoms with E-state index in [4.69, 9.17) is 0 Å². The second kappa shape index (κ2) is 5.39. The van der Waals surface area contributed by atoms with Crippen molar-refractivity contribution >= 4 is 25.8 Å². The molecule has 0 saturated carbocycles. The van der Waals surface area contributed by atoms with Gasteiger partial charge in [-0.1, -0.05) is 0 Å². The molecule has 2 rings (SSSR count). The van der Waals surface area contributed by atoms with E-state index in [1.807, 2.05) is 0 Å². The minimum Gasteiger partial charge on any atom is -0.480 e. The number of rotatable bonds is 5. The maximum atomic E-state index is 12.2. The van der Waals surface area contributed by atoms with Gasteiger partial charge < -0.3 is 10.1 Å². The molecule has 118 valence electrons. The zero-order valence-electron chi connectivity index (χ0n) is 11.2. The molecule has 21 heavy (non-hydrogen) atoms. The molecule has 0 spiro atoms. The SMILES string of the molecule is CS(=O)(=O)CCS(=O)(=O)N1Cc2[nH]cnc2CC1C(=O)O. The van der Waals surface area contributed by atoms with Gasteiger partial charge in [-0.15, -0.1) is 0 Å². The summed E-state index contributed by atoms with van der Waals surface area (Å²) in [5, 5.41) is 9.20. The van der Waals surface area contributed by atoms with E-state index in [1.165, 1.54) is 6.33 Å². The fourth-order valence-corrected chi connectivity index (χ4v) is 5.26. The normalized spacial score (nSPS) is 20.1. The number of aliphatic carboxylic acids is 1. The molecule has 9 nitrogen and oxygen atoms in total. The molecule has 2 heterocycles. The van der Waals surface area contributed by atoms with E-state index in [2.05, 4.69) is 9.97 Å². The highest BCUT2D eigenvalue weighted by molar-refractivity contribution is 7.93. The van der Waals surface area contributed by atoms with Gasteiger partial charge >= 0.3 is 5.97 Å². The topological polar surface area (TPSA) is 138 Å². The molecule has 1 aromatic rings. The lowest BCUT2D eigenvalue weighted by atomic mass is 10.1. The van der Waals surface area contributed by atoms with Crippen LogP contribution in [0.15, 0.2) is 6.33 Å². The number of aromatic amines is 1. The molecular formula is C10H15N3O6S2. The van der Waals surface area contributed by atoms with Gasteiger partial charge in [0.2, 0.25) is 10.0 Å². The Morgan fingerprint density at radius 1 is 1.43 bits per heavy atom.